The highest BCUT2D eigenvalue weighted by Crippen LogP contribution is 2.28. The van der Waals surface area contributed by atoms with Crippen molar-refractivity contribution in [3.8, 4) is 0 Å². The molecule has 3 N–H and O–H groups in total. The third-order valence-corrected chi connectivity index (χ3v) is 5.95. The molecule has 0 amide bonds. The van der Waals surface area contributed by atoms with Gasteiger partial charge in [-0.3, -0.25) is 0 Å². The van der Waals surface area contributed by atoms with Gasteiger partial charge in [0, 0.05) is 18.8 Å². The van der Waals surface area contributed by atoms with E-state index in [0.717, 1.165) is 15.9 Å². The van der Waals surface area contributed by atoms with Crippen LogP contribution in [0.2, 0.25) is 0 Å². The number of aromatic nitrogens is 4. The molecule has 1 unspecified atom stereocenters. The maximum Gasteiger partial charge on any atom is 0.233 e. The standard InChI is InChI=1S/C19H25N7S/c1-12(13-6-4-3-5-7-13)22-18-24-17(20-2)25-19(26-18)23-14-8-9-15-16(10-14)27-11-21-15/h8-13H,3-7H2,1-2H3,(H3,20,22,23,24,25,26). The summed E-state index contributed by atoms with van der Waals surface area (Å²) in [5, 5.41) is 9.80. The first-order valence-corrected chi connectivity index (χ1v) is 10.4. The smallest absolute Gasteiger partial charge is 0.233 e. The summed E-state index contributed by atoms with van der Waals surface area (Å²) in [5.74, 6) is 2.36. The van der Waals surface area contributed by atoms with E-state index in [1.54, 1.807) is 11.3 Å². The number of nitrogens with zero attached hydrogens (tertiary/aromatic N) is 4. The zero-order chi connectivity index (χ0) is 18.6. The van der Waals surface area contributed by atoms with E-state index in [2.05, 4.69) is 48.9 Å². The average Bonchev–Trinajstić information content (AvgIpc) is 3.16. The molecule has 1 fully saturated rings. The van der Waals surface area contributed by atoms with Crippen LogP contribution in [0.25, 0.3) is 10.2 Å². The second kappa shape index (κ2) is 8.04. The van der Waals surface area contributed by atoms with Gasteiger partial charge in [0.2, 0.25) is 17.8 Å². The van der Waals surface area contributed by atoms with Gasteiger partial charge in [-0.25, -0.2) is 4.98 Å². The summed E-state index contributed by atoms with van der Waals surface area (Å²) < 4.78 is 1.13. The Morgan fingerprint density at radius 1 is 1.04 bits per heavy atom. The van der Waals surface area contributed by atoms with E-state index in [4.69, 9.17) is 0 Å². The highest BCUT2D eigenvalue weighted by molar-refractivity contribution is 7.16. The molecule has 142 valence electrons. The van der Waals surface area contributed by atoms with Crippen molar-refractivity contribution in [3.63, 3.8) is 0 Å². The first-order valence-electron chi connectivity index (χ1n) is 9.52. The van der Waals surface area contributed by atoms with Crippen molar-refractivity contribution in [2.24, 2.45) is 5.92 Å². The van der Waals surface area contributed by atoms with Gasteiger partial charge in [0.25, 0.3) is 0 Å². The molecule has 1 aromatic carbocycles. The molecule has 7 nitrogen and oxygen atoms in total. The normalized spacial score (nSPS) is 16.2. The van der Waals surface area contributed by atoms with Crippen molar-refractivity contribution in [3.05, 3.63) is 23.7 Å². The predicted molar refractivity (Wildman–Crippen MR) is 112 cm³/mol. The van der Waals surface area contributed by atoms with Crippen LogP contribution in [0.5, 0.6) is 0 Å². The summed E-state index contributed by atoms with van der Waals surface area (Å²) in [5.41, 5.74) is 3.79. The van der Waals surface area contributed by atoms with Crippen molar-refractivity contribution >= 4 is 45.1 Å². The van der Waals surface area contributed by atoms with Crippen molar-refractivity contribution < 1.29 is 0 Å². The lowest BCUT2D eigenvalue weighted by molar-refractivity contribution is 0.327. The maximum absolute atomic E-state index is 4.58. The Morgan fingerprint density at radius 2 is 1.81 bits per heavy atom. The number of hydrogen-bond donors (Lipinski definition) is 3. The van der Waals surface area contributed by atoms with Crippen molar-refractivity contribution in [1.29, 1.82) is 0 Å². The van der Waals surface area contributed by atoms with Gasteiger partial charge < -0.3 is 16.0 Å². The second-order valence-corrected chi connectivity index (χ2v) is 7.93. The first kappa shape index (κ1) is 17.9. The Bertz CT molecular complexity index is 904. The zero-order valence-corrected chi connectivity index (χ0v) is 16.5. The van der Waals surface area contributed by atoms with Crippen LogP contribution in [0, 0.1) is 5.92 Å². The monoisotopic (exact) mass is 383 g/mol. The van der Waals surface area contributed by atoms with E-state index in [0.29, 0.717) is 29.8 Å². The summed E-state index contributed by atoms with van der Waals surface area (Å²) in [7, 11) is 1.82. The van der Waals surface area contributed by atoms with E-state index >= 15 is 0 Å². The number of nitrogens with one attached hydrogen (secondary N) is 3. The lowest BCUT2D eigenvalue weighted by atomic mass is 9.85. The number of thiazole rings is 1. The predicted octanol–water partition coefficient (Wildman–Crippen LogP) is 4.65. The van der Waals surface area contributed by atoms with E-state index in [-0.39, 0.29) is 0 Å². The van der Waals surface area contributed by atoms with Gasteiger partial charge in [-0.2, -0.15) is 15.0 Å². The van der Waals surface area contributed by atoms with E-state index in [9.17, 15) is 0 Å². The maximum atomic E-state index is 4.58. The number of anilines is 4. The first-order chi connectivity index (χ1) is 13.2. The highest BCUT2D eigenvalue weighted by atomic mass is 32.1. The van der Waals surface area contributed by atoms with Crippen molar-refractivity contribution in [2.75, 3.05) is 23.0 Å². The minimum atomic E-state index is 0.346. The fourth-order valence-electron chi connectivity index (χ4n) is 3.63. The molecule has 1 aliphatic carbocycles. The average molecular weight is 384 g/mol. The SMILES string of the molecule is CNc1nc(Nc2ccc3ncsc3c2)nc(NC(C)C2CCCCC2)n1. The van der Waals surface area contributed by atoms with Gasteiger partial charge in [0.05, 0.1) is 15.7 Å². The fraction of sp³-hybridized carbons (Fsp3) is 0.474. The van der Waals surface area contributed by atoms with E-state index in [1.165, 1.54) is 32.1 Å². The Hall–Kier alpha value is -2.48. The van der Waals surface area contributed by atoms with Gasteiger partial charge in [0.15, 0.2) is 0 Å². The van der Waals surface area contributed by atoms with Crippen LogP contribution in [0.3, 0.4) is 0 Å². The third-order valence-electron chi connectivity index (χ3n) is 5.16. The second-order valence-electron chi connectivity index (χ2n) is 7.05. The van der Waals surface area contributed by atoms with Gasteiger partial charge in [-0.05, 0) is 43.9 Å². The quantitative estimate of drug-likeness (QED) is 0.571. The Balaban J connectivity index is 1.52. The van der Waals surface area contributed by atoms with Gasteiger partial charge in [0.1, 0.15) is 0 Å². The number of rotatable bonds is 6. The topological polar surface area (TPSA) is 87.7 Å². The van der Waals surface area contributed by atoms with Crippen LogP contribution in [0.1, 0.15) is 39.0 Å². The van der Waals surface area contributed by atoms with E-state index < -0.39 is 0 Å². The van der Waals surface area contributed by atoms with Crippen molar-refractivity contribution in [2.45, 2.75) is 45.1 Å². The minimum absolute atomic E-state index is 0.346. The largest absolute Gasteiger partial charge is 0.357 e. The molecule has 0 bridgehead atoms. The molecule has 0 aliphatic heterocycles. The molecule has 0 saturated heterocycles. The van der Waals surface area contributed by atoms with Gasteiger partial charge >= 0.3 is 0 Å². The molecule has 8 heteroatoms. The third kappa shape index (κ3) is 4.27. The summed E-state index contributed by atoms with van der Waals surface area (Å²) in [6.45, 7) is 2.23. The fourth-order valence-corrected chi connectivity index (χ4v) is 4.34. The molecule has 0 radical (unpaired) electrons. The Morgan fingerprint density at radius 3 is 2.63 bits per heavy atom. The molecule has 1 saturated carbocycles. The number of benzene rings is 1. The molecule has 0 spiro atoms. The Kier molecular flexibility index (Phi) is 5.33. The number of hydrogen-bond acceptors (Lipinski definition) is 8. The lowest BCUT2D eigenvalue weighted by Crippen LogP contribution is -2.28. The molecule has 27 heavy (non-hydrogen) atoms. The van der Waals surface area contributed by atoms with Crippen LogP contribution >= 0.6 is 11.3 Å². The van der Waals surface area contributed by atoms with Crippen LogP contribution in [0.15, 0.2) is 23.7 Å². The van der Waals surface area contributed by atoms with Crippen LogP contribution in [0.4, 0.5) is 23.5 Å². The molecular weight excluding hydrogens is 358 g/mol. The molecule has 2 aromatic heterocycles. The lowest BCUT2D eigenvalue weighted by Gasteiger charge is -2.28. The highest BCUT2D eigenvalue weighted by Gasteiger charge is 2.21. The summed E-state index contributed by atoms with van der Waals surface area (Å²) >= 11 is 1.62. The van der Waals surface area contributed by atoms with Gasteiger partial charge in [-0.15, -0.1) is 11.3 Å². The molecule has 3 aromatic rings. The molecule has 4 rings (SSSR count). The van der Waals surface area contributed by atoms with Crippen LogP contribution in [-0.4, -0.2) is 33.0 Å². The van der Waals surface area contributed by atoms with Crippen LogP contribution < -0.4 is 16.0 Å². The molecule has 1 atom stereocenters. The van der Waals surface area contributed by atoms with Crippen LogP contribution in [-0.2, 0) is 0 Å². The number of fused-ring (bicyclic) bond motifs is 1. The van der Waals surface area contributed by atoms with E-state index in [1.807, 2.05) is 24.7 Å². The summed E-state index contributed by atoms with van der Waals surface area (Å²) in [4.78, 5) is 17.8. The van der Waals surface area contributed by atoms with Gasteiger partial charge in [-0.1, -0.05) is 19.3 Å². The molecular formula is C19H25N7S. The summed E-state index contributed by atoms with van der Waals surface area (Å²) in [6, 6.07) is 6.40. The summed E-state index contributed by atoms with van der Waals surface area (Å²) in [6.07, 6.45) is 6.55. The Labute approximate surface area is 163 Å². The molecule has 1 aliphatic rings. The molecule has 2 heterocycles. The minimum Gasteiger partial charge on any atom is -0.357 e. The van der Waals surface area contributed by atoms with Crippen molar-refractivity contribution in [1.82, 2.24) is 19.9 Å². The zero-order valence-electron chi connectivity index (χ0n) is 15.7.